The van der Waals surface area contributed by atoms with Gasteiger partial charge in [0.05, 0.1) is 24.2 Å². The van der Waals surface area contributed by atoms with Gasteiger partial charge < -0.3 is 5.32 Å². The van der Waals surface area contributed by atoms with Crippen LogP contribution in [0.1, 0.15) is 12.8 Å². The Morgan fingerprint density at radius 3 is 2.48 bits per heavy atom. The third-order valence-corrected chi connectivity index (χ3v) is 4.08. The lowest BCUT2D eigenvalue weighted by Gasteiger charge is -2.32. The zero-order chi connectivity index (χ0) is 15.3. The number of terminal acetylenes is 1. The van der Waals surface area contributed by atoms with Gasteiger partial charge in [-0.1, -0.05) is 18.1 Å². The Labute approximate surface area is 126 Å². The number of likely N-dealkylation sites (tertiary alicyclic amines) is 1. The molecular formula is C15H21N3O2S. The van der Waals surface area contributed by atoms with E-state index in [2.05, 4.69) is 20.9 Å². The molecule has 114 valence electrons. The van der Waals surface area contributed by atoms with Crippen LogP contribution in [0.2, 0.25) is 0 Å². The number of nitrogens with one attached hydrogen (secondary N) is 2. The highest BCUT2D eigenvalue weighted by Crippen LogP contribution is 2.25. The maximum absolute atomic E-state index is 11.4. The van der Waals surface area contributed by atoms with Gasteiger partial charge in [-0.15, -0.1) is 6.42 Å². The second-order valence-electron chi connectivity index (χ2n) is 5.32. The zero-order valence-corrected chi connectivity index (χ0v) is 13.0. The summed E-state index contributed by atoms with van der Waals surface area (Å²) in [5.74, 6) is 2.67. The highest BCUT2D eigenvalue weighted by atomic mass is 32.2. The van der Waals surface area contributed by atoms with Crippen LogP contribution in [0.15, 0.2) is 24.3 Å². The Balaban J connectivity index is 1.99. The third-order valence-electron chi connectivity index (χ3n) is 3.48. The highest BCUT2D eigenvalue weighted by molar-refractivity contribution is 7.92. The predicted molar refractivity (Wildman–Crippen MR) is 86.8 cm³/mol. The van der Waals surface area contributed by atoms with Crippen LogP contribution >= 0.6 is 0 Å². The van der Waals surface area contributed by atoms with Crippen LogP contribution < -0.4 is 10.0 Å². The molecule has 0 saturated carbocycles. The number of hydrogen-bond acceptors (Lipinski definition) is 4. The van der Waals surface area contributed by atoms with E-state index in [9.17, 15) is 8.42 Å². The molecule has 1 aromatic carbocycles. The van der Waals surface area contributed by atoms with Crippen LogP contribution in [0.25, 0.3) is 0 Å². The van der Waals surface area contributed by atoms with Crippen molar-refractivity contribution in [2.75, 3.05) is 35.9 Å². The largest absolute Gasteiger partial charge is 0.381 e. The summed E-state index contributed by atoms with van der Waals surface area (Å²) in [5, 5.41) is 3.43. The Morgan fingerprint density at radius 1 is 1.29 bits per heavy atom. The van der Waals surface area contributed by atoms with Crippen LogP contribution in [-0.4, -0.2) is 45.2 Å². The highest BCUT2D eigenvalue weighted by Gasteiger charge is 2.19. The Bertz CT molecular complexity index is 614. The zero-order valence-electron chi connectivity index (χ0n) is 12.2. The van der Waals surface area contributed by atoms with Gasteiger partial charge in [0.25, 0.3) is 0 Å². The van der Waals surface area contributed by atoms with Crippen molar-refractivity contribution in [2.45, 2.75) is 18.9 Å². The SMILES string of the molecule is C#CCN1CCC(Nc2ccccc2NS(C)(=O)=O)CC1. The van der Waals surface area contributed by atoms with E-state index in [0.717, 1.165) is 37.9 Å². The van der Waals surface area contributed by atoms with Crippen molar-refractivity contribution in [3.63, 3.8) is 0 Å². The van der Waals surface area contributed by atoms with E-state index < -0.39 is 10.0 Å². The van der Waals surface area contributed by atoms with Gasteiger partial charge in [-0.3, -0.25) is 9.62 Å². The lowest BCUT2D eigenvalue weighted by molar-refractivity contribution is 0.243. The number of anilines is 2. The summed E-state index contributed by atoms with van der Waals surface area (Å²) in [6, 6.07) is 7.69. The molecule has 1 aliphatic rings. The van der Waals surface area contributed by atoms with Crippen molar-refractivity contribution in [3.05, 3.63) is 24.3 Å². The van der Waals surface area contributed by atoms with Crippen molar-refractivity contribution in [1.82, 2.24) is 4.90 Å². The third kappa shape index (κ3) is 4.96. The fourth-order valence-corrected chi connectivity index (χ4v) is 3.06. The normalized spacial score (nSPS) is 17.1. The maximum Gasteiger partial charge on any atom is 0.229 e. The minimum Gasteiger partial charge on any atom is -0.381 e. The average Bonchev–Trinajstić information content (AvgIpc) is 2.42. The Kier molecular flexibility index (Phi) is 5.10. The Hall–Kier alpha value is -1.71. The van der Waals surface area contributed by atoms with Gasteiger partial charge in [-0.05, 0) is 25.0 Å². The van der Waals surface area contributed by atoms with E-state index in [1.54, 1.807) is 6.07 Å². The van der Waals surface area contributed by atoms with Crippen LogP contribution in [0.3, 0.4) is 0 Å². The molecule has 1 aliphatic heterocycles. The van der Waals surface area contributed by atoms with E-state index in [-0.39, 0.29) is 0 Å². The van der Waals surface area contributed by atoms with Crippen molar-refractivity contribution in [3.8, 4) is 12.3 Å². The fourth-order valence-electron chi connectivity index (χ4n) is 2.48. The van der Waals surface area contributed by atoms with Crippen molar-refractivity contribution < 1.29 is 8.42 Å². The van der Waals surface area contributed by atoms with Crippen molar-refractivity contribution in [1.29, 1.82) is 0 Å². The number of piperidine rings is 1. The molecule has 0 spiro atoms. The summed E-state index contributed by atoms with van der Waals surface area (Å²) < 4.78 is 25.3. The van der Waals surface area contributed by atoms with Gasteiger partial charge in [-0.25, -0.2) is 8.42 Å². The van der Waals surface area contributed by atoms with Gasteiger partial charge in [0, 0.05) is 19.1 Å². The topological polar surface area (TPSA) is 61.4 Å². The average molecular weight is 307 g/mol. The smallest absolute Gasteiger partial charge is 0.229 e. The first-order valence-corrected chi connectivity index (χ1v) is 8.86. The molecule has 1 saturated heterocycles. The van der Waals surface area contributed by atoms with E-state index in [1.807, 2.05) is 18.2 Å². The molecular weight excluding hydrogens is 286 g/mol. The number of rotatable bonds is 5. The minimum absolute atomic E-state index is 0.335. The van der Waals surface area contributed by atoms with Gasteiger partial charge >= 0.3 is 0 Å². The van der Waals surface area contributed by atoms with Gasteiger partial charge in [0.1, 0.15) is 0 Å². The standard InChI is InChI=1S/C15H21N3O2S/c1-3-10-18-11-8-13(9-12-18)16-14-6-4-5-7-15(14)17-21(2,19)20/h1,4-7,13,16-17H,8-12H2,2H3. The molecule has 1 fully saturated rings. The summed E-state index contributed by atoms with van der Waals surface area (Å²) >= 11 is 0. The van der Waals surface area contributed by atoms with Crippen LogP contribution in [0, 0.1) is 12.3 Å². The lowest BCUT2D eigenvalue weighted by atomic mass is 10.0. The quantitative estimate of drug-likeness (QED) is 0.811. The number of hydrogen-bond donors (Lipinski definition) is 2. The number of nitrogens with zero attached hydrogens (tertiary/aromatic N) is 1. The van der Waals surface area contributed by atoms with Gasteiger partial charge in [0.15, 0.2) is 0 Å². The first kappa shape index (κ1) is 15.7. The Morgan fingerprint density at radius 2 is 1.90 bits per heavy atom. The molecule has 1 heterocycles. The van der Waals surface area contributed by atoms with Crippen LogP contribution in [0.4, 0.5) is 11.4 Å². The molecule has 0 unspecified atom stereocenters. The molecule has 2 rings (SSSR count). The van der Waals surface area contributed by atoms with E-state index in [0.29, 0.717) is 18.3 Å². The van der Waals surface area contributed by atoms with E-state index >= 15 is 0 Å². The fraction of sp³-hybridized carbons (Fsp3) is 0.467. The first-order valence-electron chi connectivity index (χ1n) is 6.97. The summed E-state index contributed by atoms with van der Waals surface area (Å²) in [4.78, 5) is 2.25. The molecule has 0 aromatic heterocycles. The molecule has 5 nitrogen and oxygen atoms in total. The van der Waals surface area contributed by atoms with E-state index in [1.165, 1.54) is 0 Å². The molecule has 1 aromatic rings. The molecule has 0 aliphatic carbocycles. The maximum atomic E-state index is 11.4. The summed E-state index contributed by atoms with van der Waals surface area (Å²) in [5.41, 5.74) is 1.41. The summed E-state index contributed by atoms with van der Waals surface area (Å²) in [7, 11) is -3.28. The summed E-state index contributed by atoms with van der Waals surface area (Å²) in [6.07, 6.45) is 8.47. The van der Waals surface area contributed by atoms with E-state index in [4.69, 9.17) is 6.42 Å². The van der Waals surface area contributed by atoms with Crippen molar-refractivity contribution >= 4 is 21.4 Å². The second kappa shape index (κ2) is 6.83. The molecule has 0 radical (unpaired) electrons. The molecule has 21 heavy (non-hydrogen) atoms. The predicted octanol–water partition coefficient (Wildman–Crippen LogP) is 1.57. The first-order chi connectivity index (χ1) is 9.98. The molecule has 2 N–H and O–H groups in total. The van der Waals surface area contributed by atoms with Crippen molar-refractivity contribution in [2.24, 2.45) is 0 Å². The molecule has 0 bridgehead atoms. The number of para-hydroxylation sites is 2. The van der Waals surface area contributed by atoms with Crippen LogP contribution in [-0.2, 0) is 10.0 Å². The molecule has 0 atom stereocenters. The lowest BCUT2D eigenvalue weighted by Crippen LogP contribution is -2.39. The van der Waals surface area contributed by atoms with Gasteiger partial charge in [0.2, 0.25) is 10.0 Å². The number of benzene rings is 1. The van der Waals surface area contributed by atoms with Gasteiger partial charge in [-0.2, -0.15) is 0 Å². The monoisotopic (exact) mass is 307 g/mol. The number of sulfonamides is 1. The second-order valence-corrected chi connectivity index (χ2v) is 7.07. The molecule has 6 heteroatoms. The minimum atomic E-state index is -3.28. The summed E-state index contributed by atoms with van der Waals surface area (Å²) in [6.45, 7) is 2.62. The molecule has 0 amide bonds. The van der Waals surface area contributed by atoms with Crippen LogP contribution in [0.5, 0.6) is 0 Å².